The second-order valence-electron chi connectivity index (χ2n) is 7.47. The lowest BCUT2D eigenvalue weighted by molar-refractivity contribution is -0.117. The second-order valence-corrected chi connectivity index (χ2v) is 8.31. The number of halogens is 2. The molecule has 30 heavy (non-hydrogen) atoms. The third-order valence-electron chi connectivity index (χ3n) is 4.52. The molecule has 1 atom stereocenters. The molecule has 1 aliphatic rings. The van der Waals surface area contributed by atoms with Crippen LogP contribution in [0.1, 0.15) is 36.2 Å². The zero-order chi connectivity index (χ0) is 22.0. The molecule has 0 saturated heterocycles. The Labute approximate surface area is 186 Å². The molecule has 0 aliphatic carbocycles. The Bertz CT molecular complexity index is 1030. The van der Waals surface area contributed by atoms with Crippen LogP contribution in [-0.2, 0) is 4.79 Å². The molecule has 0 saturated carbocycles. The number of aryl methyl sites for hydroxylation is 1. The number of aromatic nitrogens is 1. The summed E-state index contributed by atoms with van der Waals surface area (Å²) >= 11 is 12.4. The van der Waals surface area contributed by atoms with Crippen LogP contribution < -0.4 is 21.1 Å². The number of carbonyl (C=O) groups is 2. The number of amides is 2. The average molecular weight is 446 g/mol. The number of benzene rings is 1. The van der Waals surface area contributed by atoms with E-state index in [1.165, 1.54) is 5.01 Å². The zero-order valence-electron chi connectivity index (χ0n) is 17.2. The molecule has 2 heterocycles. The van der Waals surface area contributed by atoms with E-state index in [4.69, 9.17) is 23.2 Å². The number of pyridine rings is 1. The van der Waals surface area contributed by atoms with Crippen LogP contribution in [0.15, 0.2) is 35.6 Å². The quantitative estimate of drug-likeness (QED) is 0.690. The summed E-state index contributed by atoms with van der Waals surface area (Å²) in [6.07, 6.45) is 1.77. The van der Waals surface area contributed by atoms with Crippen molar-refractivity contribution in [2.75, 3.05) is 10.3 Å². The summed E-state index contributed by atoms with van der Waals surface area (Å²) in [5.41, 5.74) is 2.57. The van der Waals surface area contributed by atoms with Gasteiger partial charge in [-0.3, -0.25) is 9.59 Å². The zero-order valence-corrected chi connectivity index (χ0v) is 18.7. The van der Waals surface area contributed by atoms with Crippen LogP contribution in [0.25, 0.3) is 0 Å². The first-order valence-electron chi connectivity index (χ1n) is 9.53. The van der Waals surface area contributed by atoms with Crippen molar-refractivity contribution in [3.8, 4) is 0 Å². The highest BCUT2D eigenvalue weighted by Crippen LogP contribution is 2.31. The number of anilines is 2. The molecule has 2 amide bonds. The molecular weight excluding hydrogens is 424 g/mol. The highest BCUT2D eigenvalue weighted by Gasteiger charge is 2.35. The fourth-order valence-electron chi connectivity index (χ4n) is 3.28. The molecule has 0 spiro atoms. The Morgan fingerprint density at radius 1 is 1.30 bits per heavy atom. The largest absolute Gasteiger partial charge is 0.350 e. The van der Waals surface area contributed by atoms with E-state index < -0.39 is 6.04 Å². The first kappa shape index (κ1) is 22.1. The number of nitrogens with one attached hydrogen (secondary N) is 2. The summed E-state index contributed by atoms with van der Waals surface area (Å²) < 4.78 is 0. The van der Waals surface area contributed by atoms with Crippen molar-refractivity contribution in [2.24, 2.45) is 5.10 Å². The molecule has 1 aromatic heterocycles. The van der Waals surface area contributed by atoms with Gasteiger partial charge in [0.05, 0.1) is 16.3 Å². The fourth-order valence-corrected chi connectivity index (χ4v) is 3.71. The predicted octanol–water partition coefficient (Wildman–Crippen LogP) is 2.21. The molecule has 0 radical (unpaired) electrons. The minimum Gasteiger partial charge on any atom is -0.350 e. The Hall–Kier alpha value is -2.58. The van der Waals surface area contributed by atoms with Gasteiger partial charge < -0.3 is 10.6 Å². The van der Waals surface area contributed by atoms with E-state index in [9.17, 15) is 9.59 Å². The van der Waals surface area contributed by atoms with Crippen LogP contribution in [-0.4, -0.2) is 41.9 Å². The van der Waals surface area contributed by atoms with Gasteiger partial charge in [0, 0.05) is 18.7 Å². The molecule has 10 heteroatoms. The van der Waals surface area contributed by atoms with Gasteiger partial charge in [-0.1, -0.05) is 40.8 Å². The van der Waals surface area contributed by atoms with Gasteiger partial charge in [-0.05, 0) is 38.5 Å². The van der Waals surface area contributed by atoms with E-state index in [2.05, 4.69) is 20.7 Å². The van der Waals surface area contributed by atoms with Gasteiger partial charge in [-0.15, -0.1) is 0 Å². The van der Waals surface area contributed by atoms with Crippen molar-refractivity contribution in [2.45, 2.75) is 39.3 Å². The molecule has 1 unspecified atom stereocenters. The summed E-state index contributed by atoms with van der Waals surface area (Å²) in [7, 11) is 1.90. The molecule has 7 nitrogen and oxygen atoms in total. The maximum atomic E-state index is 13.2. The number of carbonyl (C=O) groups excluding carboxylic acids is 2. The Kier molecular flexibility index (Phi) is 6.68. The summed E-state index contributed by atoms with van der Waals surface area (Å²) in [5.74, 6) is -0.271. The van der Waals surface area contributed by atoms with Crippen LogP contribution in [0.2, 0.25) is 5.02 Å². The second kappa shape index (κ2) is 9.06. The Morgan fingerprint density at radius 2 is 2.03 bits per heavy atom. The maximum absolute atomic E-state index is 13.2. The molecular formula is C20H22BCl2N5O2. The summed E-state index contributed by atoms with van der Waals surface area (Å²) in [4.78, 5) is 30.1. The van der Waals surface area contributed by atoms with E-state index >= 15 is 0 Å². The number of nitrogens with zero attached hydrogens (tertiary/aromatic N) is 3. The minimum absolute atomic E-state index is 0.0364. The molecule has 1 aliphatic heterocycles. The number of hydrogen-bond acceptors (Lipinski definition) is 5. The lowest BCUT2D eigenvalue weighted by Crippen LogP contribution is -2.40. The average Bonchev–Trinajstić information content (AvgIpc) is 3.05. The fraction of sp³-hybridized carbons (Fsp3) is 0.300. The smallest absolute Gasteiger partial charge is 0.253 e. The molecule has 0 bridgehead atoms. The number of rotatable bonds is 5. The van der Waals surface area contributed by atoms with E-state index in [1.807, 2.05) is 34.7 Å². The standard InChI is InChI=1S/C20H22BCl2N5O2/c1-10(2)25-19(29)13-8-12(21)7-11(3)17(13)26-20(30)15-9-16(23)27-28(15)18-14(22)5-4-6-24-18/h4-8,10,15H,9,21H2,1-3H3,(H,25,29)(H,26,30). The third kappa shape index (κ3) is 4.76. The third-order valence-corrected chi connectivity index (χ3v) is 5.05. The highest BCUT2D eigenvalue weighted by molar-refractivity contribution is 6.66. The van der Waals surface area contributed by atoms with Gasteiger partial charge in [0.15, 0.2) is 5.82 Å². The molecule has 2 N–H and O–H groups in total. The maximum Gasteiger partial charge on any atom is 0.253 e. The number of hydrogen-bond donors (Lipinski definition) is 2. The molecule has 2 aromatic rings. The SMILES string of the molecule is Bc1cc(C)c(NC(=O)C2CC(Cl)=NN2c2ncccc2Cl)c(C(=O)NC(C)C)c1. The lowest BCUT2D eigenvalue weighted by atomic mass is 9.90. The Morgan fingerprint density at radius 3 is 2.70 bits per heavy atom. The normalized spacial score (nSPS) is 15.9. The Balaban J connectivity index is 1.92. The van der Waals surface area contributed by atoms with E-state index in [-0.39, 0.29) is 29.4 Å². The van der Waals surface area contributed by atoms with E-state index in [1.54, 1.807) is 24.4 Å². The van der Waals surface area contributed by atoms with Crippen LogP contribution >= 0.6 is 23.2 Å². The van der Waals surface area contributed by atoms with Gasteiger partial charge >= 0.3 is 0 Å². The molecule has 0 fully saturated rings. The molecule has 156 valence electrons. The van der Waals surface area contributed by atoms with Crippen molar-refractivity contribution in [3.63, 3.8) is 0 Å². The molecule has 3 rings (SSSR count). The topological polar surface area (TPSA) is 86.7 Å². The van der Waals surface area contributed by atoms with Gasteiger partial charge in [0.1, 0.15) is 19.1 Å². The van der Waals surface area contributed by atoms with Crippen LogP contribution in [0.5, 0.6) is 0 Å². The van der Waals surface area contributed by atoms with Crippen molar-refractivity contribution in [3.05, 3.63) is 46.6 Å². The number of hydrazone groups is 1. The van der Waals surface area contributed by atoms with Crippen molar-refractivity contribution >= 4 is 65.0 Å². The highest BCUT2D eigenvalue weighted by atomic mass is 35.5. The summed E-state index contributed by atoms with van der Waals surface area (Å²) in [6.45, 7) is 5.61. The van der Waals surface area contributed by atoms with E-state index in [0.29, 0.717) is 22.1 Å². The molecule has 1 aromatic carbocycles. The summed E-state index contributed by atoms with van der Waals surface area (Å²) in [6, 6.07) is 6.24. The van der Waals surface area contributed by atoms with Crippen molar-refractivity contribution in [1.82, 2.24) is 10.3 Å². The van der Waals surface area contributed by atoms with Crippen molar-refractivity contribution in [1.29, 1.82) is 0 Å². The first-order valence-corrected chi connectivity index (χ1v) is 10.3. The van der Waals surface area contributed by atoms with Crippen LogP contribution in [0, 0.1) is 6.92 Å². The van der Waals surface area contributed by atoms with E-state index in [0.717, 1.165) is 11.0 Å². The van der Waals surface area contributed by atoms with Gasteiger partial charge in [-0.2, -0.15) is 5.10 Å². The first-order chi connectivity index (χ1) is 14.2. The summed E-state index contributed by atoms with van der Waals surface area (Å²) in [5, 5.41) is 12.0. The van der Waals surface area contributed by atoms with Crippen LogP contribution in [0.3, 0.4) is 0 Å². The van der Waals surface area contributed by atoms with Gasteiger partial charge in [-0.25, -0.2) is 9.99 Å². The predicted molar refractivity (Wildman–Crippen MR) is 124 cm³/mol. The van der Waals surface area contributed by atoms with Crippen molar-refractivity contribution < 1.29 is 9.59 Å². The van der Waals surface area contributed by atoms with Gasteiger partial charge in [0.2, 0.25) is 5.91 Å². The van der Waals surface area contributed by atoms with Crippen LogP contribution in [0.4, 0.5) is 11.5 Å². The monoisotopic (exact) mass is 445 g/mol. The minimum atomic E-state index is -0.744. The lowest BCUT2D eigenvalue weighted by Gasteiger charge is -2.24. The van der Waals surface area contributed by atoms with Gasteiger partial charge in [0.25, 0.3) is 5.91 Å².